The van der Waals surface area contributed by atoms with Crippen molar-refractivity contribution in [3.8, 4) is 11.1 Å². The summed E-state index contributed by atoms with van der Waals surface area (Å²) in [4.78, 5) is 23.9. The Morgan fingerprint density at radius 1 is 1.04 bits per heavy atom. The first-order valence-electron chi connectivity index (χ1n) is 8.65. The summed E-state index contributed by atoms with van der Waals surface area (Å²) in [6.07, 6.45) is 1.10. The standard InChI is InChI=1S/C20H25N3O3/c1-3-4-14-5-7-15(8-6-14)16-9-11-17(12-10-16)19(25)22-18(13(2)24)20(26)23-21/h5-13,18,24H,3-4,21H2,1-2H3,(H,22,25)(H,23,26)/t13-,18+/m1/s1. The first-order valence-corrected chi connectivity index (χ1v) is 8.65. The highest BCUT2D eigenvalue weighted by atomic mass is 16.3. The van der Waals surface area contributed by atoms with Gasteiger partial charge in [-0.05, 0) is 42.2 Å². The molecule has 2 aromatic carbocycles. The van der Waals surface area contributed by atoms with Crippen LogP contribution < -0.4 is 16.6 Å². The molecule has 0 aliphatic heterocycles. The monoisotopic (exact) mass is 355 g/mol. The van der Waals surface area contributed by atoms with Gasteiger partial charge in [-0.1, -0.05) is 49.7 Å². The number of hydrogen-bond donors (Lipinski definition) is 4. The lowest BCUT2D eigenvalue weighted by atomic mass is 10.0. The van der Waals surface area contributed by atoms with E-state index in [-0.39, 0.29) is 0 Å². The third kappa shape index (κ3) is 4.91. The number of nitrogens with one attached hydrogen (secondary N) is 2. The van der Waals surface area contributed by atoms with Crippen molar-refractivity contribution in [2.45, 2.75) is 38.8 Å². The first kappa shape index (κ1) is 19.6. The van der Waals surface area contributed by atoms with Crippen LogP contribution in [0.2, 0.25) is 0 Å². The van der Waals surface area contributed by atoms with Crippen LogP contribution in [0.5, 0.6) is 0 Å². The molecule has 0 saturated heterocycles. The zero-order chi connectivity index (χ0) is 19.1. The van der Waals surface area contributed by atoms with Gasteiger partial charge in [0, 0.05) is 5.56 Å². The van der Waals surface area contributed by atoms with E-state index in [1.807, 2.05) is 17.6 Å². The molecule has 2 amide bonds. The molecule has 0 bridgehead atoms. The average molecular weight is 355 g/mol. The van der Waals surface area contributed by atoms with E-state index in [0.717, 1.165) is 24.0 Å². The molecule has 2 rings (SSSR count). The SMILES string of the molecule is CCCc1ccc(-c2ccc(C(=O)N[C@H](C(=O)NN)[C@@H](C)O)cc2)cc1. The molecular weight excluding hydrogens is 330 g/mol. The van der Waals surface area contributed by atoms with Crippen LogP contribution in [0.4, 0.5) is 0 Å². The third-order valence-corrected chi connectivity index (χ3v) is 4.17. The fourth-order valence-corrected chi connectivity index (χ4v) is 2.69. The maximum Gasteiger partial charge on any atom is 0.259 e. The van der Waals surface area contributed by atoms with Crippen molar-refractivity contribution in [3.05, 3.63) is 59.7 Å². The van der Waals surface area contributed by atoms with Gasteiger partial charge in [0.2, 0.25) is 0 Å². The number of amides is 2. The molecule has 0 heterocycles. The number of hydrogen-bond acceptors (Lipinski definition) is 4. The van der Waals surface area contributed by atoms with Gasteiger partial charge in [0.05, 0.1) is 6.10 Å². The second-order valence-electron chi connectivity index (χ2n) is 6.22. The Labute approximate surface area is 153 Å². The van der Waals surface area contributed by atoms with Crippen molar-refractivity contribution in [2.75, 3.05) is 0 Å². The van der Waals surface area contributed by atoms with Gasteiger partial charge in [-0.25, -0.2) is 5.84 Å². The molecular formula is C20H25N3O3. The number of nitrogens with two attached hydrogens (primary N) is 1. The molecule has 0 radical (unpaired) electrons. The Morgan fingerprint density at radius 2 is 1.58 bits per heavy atom. The molecule has 2 atom stereocenters. The average Bonchev–Trinajstić information content (AvgIpc) is 2.66. The third-order valence-electron chi connectivity index (χ3n) is 4.17. The molecule has 6 heteroatoms. The van der Waals surface area contributed by atoms with Crippen molar-refractivity contribution in [1.29, 1.82) is 0 Å². The van der Waals surface area contributed by atoms with Gasteiger partial charge in [-0.3, -0.25) is 15.0 Å². The smallest absolute Gasteiger partial charge is 0.259 e. The highest BCUT2D eigenvalue weighted by molar-refractivity contribution is 5.98. The van der Waals surface area contributed by atoms with Gasteiger partial charge < -0.3 is 10.4 Å². The van der Waals surface area contributed by atoms with Crippen LogP contribution in [0.1, 0.15) is 36.2 Å². The summed E-state index contributed by atoms with van der Waals surface area (Å²) in [7, 11) is 0. The zero-order valence-electron chi connectivity index (χ0n) is 15.0. The van der Waals surface area contributed by atoms with E-state index in [9.17, 15) is 14.7 Å². The van der Waals surface area contributed by atoms with Crippen LogP contribution in [0, 0.1) is 0 Å². The maximum atomic E-state index is 12.3. The quantitative estimate of drug-likeness (QED) is 0.345. The number of hydrazine groups is 1. The van der Waals surface area contributed by atoms with E-state index in [2.05, 4.69) is 36.5 Å². The van der Waals surface area contributed by atoms with E-state index >= 15 is 0 Å². The van der Waals surface area contributed by atoms with Crippen molar-refractivity contribution < 1.29 is 14.7 Å². The first-order chi connectivity index (χ1) is 12.5. The number of rotatable bonds is 7. The number of aliphatic hydroxyl groups excluding tert-OH is 1. The number of carbonyl (C=O) groups excluding carboxylic acids is 2. The predicted octanol–water partition coefficient (Wildman–Crippen LogP) is 1.78. The summed E-state index contributed by atoms with van der Waals surface area (Å²) in [6.45, 7) is 3.56. The highest BCUT2D eigenvalue weighted by Gasteiger charge is 2.25. The van der Waals surface area contributed by atoms with Crippen molar-refractivity contribution in [2.24, 2.45) is 5.84 Å². The van der Waals surface area contributed by atoms with E-state index in [1.54, 1.807) is 12.1 Å². The minimum atomic E-state index is -1.11. The van der Waals surface area contributed by atoms with Gasteiger partial charge in [0.25, 0.3) is 11.8 Å². The minimum absolute atomic E-state index is 0.395. The Morgan fingerprint density at radius 3 is 2.04 bits per heavy atom. The molecule has 0 aliphatic carbocycles. The van der Waals surface area contributed by atoms with Gasteiger partial charge in [0.15, 0.2) is 0 Å². The number of carbonyl (C=O) groups is 2. The Kier molecular flexibility index (Phi) is 6.89. The summed E-state index contributed by atoms with van der Waals surface area (Å²) >= 11 is 0. The summed E-state index contributed by atoms with van der Waals surface area (Å²) in [5, 5.41) is 12.1. The summed E-state index contributed by atoms with van der Waals surface area (Å²) < 4.78 is 0. The molecule has 0 aliphatic rings. The van der Waals surface area contributed by atoms with Gasteiger partial charge in [0.1, 0.15) is 6.04 Å². The lowest BCUT2D eigenvalue weighted by molar-refractivity contribution is -0.125. The fraction of sp³-hybridized carbons (Fsp3) is 0.300. The predicted molar refractivity (Wildman–Crippen MR) is 101 cm³/mol. The van der Waals surface area contributed by atoms with Gasteiger partial charge in [-0.15, -0.1) is 0 Å². The molecule has 5 N–H and O–H groups in total. The van der Waals surface area contributed by atoms with Crippen LogP contribution in [0.25, 0.3) is 11.1 Å². The second-order valence-corrected chi connectivity index (χ2v) is 6.22. The molecule has 0 fully saturated rings. The van der Waals surface area contributed by atoms with Crippen LogP contribution >= 0.6 is 0 Å². The van der Waals surface area contributed by atoms with Gasteiger partial charge in [-0.2, -0.15) is 0 Å². The topological polar surface area (TPSA) is 104 Å². The largest absolute Gasteiger partial charge is 0.391 e. The lowest BCUT2D eigenvalue weighted by Gasteiger charge is -2.19. The Hall–Kier alpha value is -2.70. The lowest BCUT2D eigenvalue weighted by Crippen LogP contribution is -2.54. The summed E-state index contributed by atoms with van der Waals surface area (Å²) in [5.41, 5.74) is 5.70. The molecule has 0 saturated carbocycles. The Balaban J connectivity index is 2.10. The molecule has 2 aromatic rings. The van der Waals surface area contributed by atoms with Crippen LogP contribution in [0.15, 0.2) is 48.5 Å². The summed E-state index contributed by atoms with van der Waals surface area (Å²) in [6, 6.07) is 14.3. The molecule has 0 unspecified atom stereocenters. The van der Waals surface area contributed by atoms with Crippen LogP contribution in [-0.2, 0) is 11.2 Å². The van der Waals surface area contributed by atoms with Gasteiger partial charge >= 0.3 is 0 Å². The molecule has 26 heavy (non-hydrogen) atoms. The van der Waals surface area contributed by atoms with Crippen molar-refractivity contribution >= 4 is 11.8 Å². The van der Waals surface area contributed by atoms with Crippen molar-refractivity contribution in [1.82, 2.24) is 10.7 Å². The zero-order valence-corrected chi connectivity index (χ0v) is 15.0. The molecule has 0 spiro atoms. The summed E-state index contributed by atoms with van der Waals surface area (Å²) in [5.74, 6) is 3.97. The van der Waals surface area contributed by atoms with E-state index < -0.39 is 24.0 Å². The van der Waals surface area contributed by atoms with Crippen LogP contribution in [-0.4, -0.2) is 29.1 Å². The Bertz CT molecular complexity index is 740. The van der Waals surface area contributed by atoms with Crippen LogP contribution in [0.3, 0.4) is 0 Å². The fourth-order valence-electron chi connectivity index (χ4n) is 2.69. The number of benzene rings is 2. The van der Waals surface area contributed by atoms with E-state index in [1.165, 1.54) is 12.5 Å². The highest BCUT2D eigenvalue weighted by Crippen LogP contribution is 2.21. The molecule has 138 valence electrons. The van der Waals surface area contributed by atoms with Crippen molar-refractivity contribution in [3.63, 3.8) is 0 Å². The number of aryl methyl sites for hydroxylation is 1. The maximum absolute atomic E-state index is 12.3. The normalized spacial score (nSPS) is 12.9. The second kappa shape index (κ2) is 9.12. The van der Waals surface area contributed by atoms with E-state index in [4.69, 9.17) is 5.84 Å². The minimum Gasteiger partial charge on any atom is -0.391 e. The molecule has 6 nitrogen and oxygen atoms in total. The number of aliphatic hydroxyl groups is 1. The molecule has 0 aromatic heterocycles. The van der Waals surface area contributed by atoms with E-state index in [0.29, 0.717) is 5.56 Å².